The molecule has 1 saturated heterocycles. The number of likely N-dealkylation sites (tertiary alicyclic amines) is 1. The number of nitrogens with zero attached hydrogens (tertiary/aromatic N) is 1. The van der Waals surface area contributed by atoms with Gasteiger partial charge in [0.1, 0.15) is 5.75 Å². The molecule has 1 fully saturated rings. The Bertz CT molecular complexity index is 461. The highest BCUT2D eigenvalue weighted by molar-refractivity contribution is 7.92. The Balaban J connectivity index is 2.70. The molecule has 1 aliphatic rings. The van der Waals surface area contributed by atoms with E-state index in [2.05, 4.69) is 0 Å². The first kappa shape index (κ1) is 14.9. The van der Waals surface area contributed by atoms with E-state index in [1.165, 1.54) is 13.8 Å². The number of alkyl halides is 1. The molecule has 0 spiro atoms. The van der Waals surface area contributed by atoms with E-state index in [9.17, 15) is 22.4 Å². The lowest BCUT2D eigenvalue weighted by atomic mass is 10.1. The van der Waals surface area contributed by atoms with Crippen LogP contribution in [0.3, 0.4) is 0 Å². The topological polar surface area (TPSA) is 91.8 Å². The van der Waals surface area contributed by atoms with Crippen molar-refractivity contribution in [1.29, 1.82) is 0 Å². The van der Waals surface area contributed by atoms with E-state index in [1.807, 2.05) is 0 Å². The van der Waals surface area contributed by atoms with Gasteiger partial charge < -0.3 is 10.0 Å². The van der Waals surface area contributed by atoms with E-state index in [-0.39, 0.29) is 13.0 Å². The summed E-state index contributed by atoms with van der Waals surface area (Å²) in [5.74, 6) is -3.07. The highest BCUT2D eigenvalue weighted by Crippen LogP contribution is 2.26. The van der Waals surface area contributed by atoms with Gasteiger partial charge in [-0.1, -0.05) is 0 Å². The molecule has 0 aromatic carbocycles. The minimum absolute atomic E-state index is 0.0742. The molecule has 0 aromatic heterocycles. The third kappa shape index (κ3) is 2.98. The van der Waals surface area contributed by atoms with E-state index in [0.717, 1.165) is 4.90 Å². The Morgan fingerprint density at radius 2 is 2.00 bits per heavy atom. The third-order valence-corrected chi connectivity index (χ3v) is 5.08. The van der Waals surface area contributed by atoms with E-state index < -0.39 is 44.9 Å². The number of aliphatic carboxylic acids is 1. The molecule has 1 amide bonds. The highest BCUT2D eigenvalue weighted by atomic mass is 32.2. The number of carboxylic acid groups (broad SMARTS) is 1. The second-order valence-corrected chi connectivity index (χ2v) is 7.25. The Hall–Kier alpha value is -1.18. The predicted molar refractivity (Wildman–Crippen MR) is 61.6 cm³/mol. The summed E-state index contributed by atoms with van der Waals surface area (Å²) in [5, 5.41) is 7.97. The lowest BCUT2D eigenvalue weighted by Gasteiger charge is -2.18. The number of hydrogen-bond acceptors (Lipinski definition) is 4. The average molecular weight is 281 g/mol. The maximum absolute atomic E-state index is 13.7. The zero-order chi connectivity index (χ0) is 14.1. The molecule has 1 atom stereocenters. The molecule has 1 heterocycles. The van der Waals surface area contributed by atoms with Gasteiger partial charge in [-0.25, -0.2) is 17.6 Å². The normalized spacial score (nSPS) is 24.6. The lowest BCUT2D eigenvalue weighted by molar-refractivity contribution is -0.150. The van der Waals surface area contributed by atoms with Gasteiger partial charge in [-0.15, -0.1) is 0 Å². The Kier molecular flexibility index (Phi) is 3.99. The number of carboxylic acids is 1. The smallest absolute Gasteiger partial charge is 0.343 e. The minimum Gasteiger partial charge on any atom is -0.479 e. The van der Waals surface area contributed by atoms with Crippen LogP contribution in [0, 0.1) is 0 Å². The summed E-state index contributed by atoms with van der Waals surface area (Å²) in [6.07, 6.45) is -0.310. The van der Waals surface area contributed by atoms with Gasteiger partial charge in [-0.3, -0.25) is 4.79 Å². The fourth-order valence-electron chi connectivity index (χ4n) is 1.59. The molecule has 0 aliphatic carbocycles. The summed E-state index contributed by atoms with van der Waals surface area (Å²) in [6.45, 7) is 2.23. The second kappa shape index (κ2) is 4.83. The van der Waals surface area contributed by atoms with Crippen molar-refractivity contribution in [2.45, 2.75) is 31.2 Å². The van der Waals surface area contributed by atoms with Crippen LogP contribution in [0.2, 0.25) is 0 Å². The van der Waals surface area contributed by atoms with Gasteiger partial charge in [0.25, 0.3) is 0 Å². The predicted octanol–water partition coefficient (Wildman–Crippen LogP) is -0.165. The van der Waals surface area contributed by atoms with Crippen LogP contribution < -0.4 is 0 Å². The molecule has 0 saturated carbocycles. The summed E-state index contributed by atoms with van der Waals surface area (Å²) in [4.78, 5) is 23.3. The number of carbonyl (C=O) groups excluding carboxylic acids is 1. The number of hydrogen-bond donors (Lipinski definition) is 1. The highest BCUT2D eigenvalue weighted by Gasteiger charge is 2.47. The van der Waals surface area contributed by atoms with Crippen LogP contribution >= 0.6 is 0 Å². The first-order chi connectivity index (χ1) is 8.08. The van der Waals surface area contributed by atoms with Crippen LogP contribution in [0.4, 0.5) is 4.39 Å². The standard InChI is InChI=1S/C10H16FNO5S/c1-7(2)18(16,17)5-8(13)12-4-3-10(11,6-12)9(14)15/h7H,3-6H2,1-2H3,(H,14,15). The van der Waals surface area contributed by atoms with Gasteiger partial charge in [0, 0.05) is 13.0 Å². The number of rotatable bonds is 4. The lowest BCUT2D eigenvalue weighted by Crippen LogP contribution is -2.41. The maximum atomic E-state index is 13.7. The van der Waals surface area contributed by atoms with E-state index in [0.29, 0.717) is 0 Å². The monoisotopic (exact) mass is 281 g/mol. The molecular weight excluding hydrogens is 265 g/mol. The van der Waals surface area contributed by atoms with Crippen molar-refractivity contribution < 1.29 is 27.5 Å². The number of amides is 1. The molecule has 1 N–H and O–H groups in total. The fraction of sp³-hybridized carbons (Fsp3) is 0.800. The van der Waals surface area contributed by atoms with Crippen molar-refractivity contribution in [2.75, 3.05) is 18.8 Å². The molecular formula is C10H16FNO5S. The summed E-state index contributed by atoms with van der Waals surface area (Å²) < 4.78 is 36.8. The van der Waals surface area contributed by atoms with Gasteiger partial charge in [0.15, 0.2) is 9.84 Å². The number of halogens is 1. The Morgan fingerprint density at radius 1 is 1.44 bits per heavy atom. The summed E-state index contributed by atoms with van der Waals surface area (Å²) in [6, 6.07) is 0. The van der Waals surface area contributed by atoms with Crippen molar-refractivity contribution in [2.24, 2.45) is 0 Å². The van der Waals surface area contributed by atoms with Crippen molar-refractivity contribution in [3.8, 4) is 0 Å². The van der Waals surface area contributed by atoms with E-state index in [1.54, 1.807) is 0 Å². The van der Waals surface area contributed by atoms with Gasteiger partial charge in [-0.2, -0.15) is 0 Å². The Labute approximate surface area is 105 Å². The fourth-order valence-corrected chi connectivity index (χ4v) is 2.45. The number of carbonyl (C=O) groups is 2. The van der Waals surface area contributed by atoms with Gasteiger partial charge in [-0.05, 0) is 13.8 Å². The summed E-state index contributed by atoms with van der Waals surface area (Å²) in [5.41, 5.74) is -2.46. The SMILES string of the molecule is CC(C)S(=O)(=O)CC(=O)N1CCC(F)(C(=O)O)C1. The van der Waals surface area contributed by atoms with Crippen LogP contribution in [0.1, 0.15) is 20.3 Å². The molecule has 1 unspecified atom stereocenters. The molecule has 1 rings (SSSR count). The average Bonchev–Trinajstić information content (AvgIpc) is 2.61. The van der Waals surface area contributed by atoms with Crippen molar-refractivity contribution in [3.63, 3.8) is 0 Å². The van der Waals surface area contributed by atoms with E-state index in [4.69, 9.17) is 5.11 Å². The van der Waals surface area contributed by atoms with Crippen LogP contribution in [0.15, 0.2) is 0 Å². The molecule has 18 heavy (non-hydrogen) atoms. The molecule has 0 bridgehead atoms. The second-order valence-electron chi connectivity index (χ2n) is 4.69. The van der Waals surface area contributed by atoms with Crippen LogP contribution in [0.5, 0.6) is 0 Å². The van der Waals surface area contributed by atoms with Crippen LogP contribution in [0.25, 0.3) is 0 Å². The van der Waals surface area contributed by atoms with E-state index >= 15 is 0 Å². The largest absolute Gasteiger partial charge is 0.479 e. The van der Waals surface area contributed by atoms with Gasteiger partial charge in [0.05, 0.1) is 11.8 Å². The minimum atomic E-state index is -3.55. The van der Waals surface area contributed by atoms with Crippen molar-refractivity contribution in [1.82, 2.24) is 4.90 Å². The zero-order valence-electron chi connectivity index (χ0n) is 10.2. The molecule has 104 valence electrons. The quantitative estimate of drug-likeness (QED) is 0.772. The molecule has 0 aromatic rings. The Morgan fingerprint density at radius 3 is 2.39 bits per heavy atom. The molecule has 8 heteroatoms. The van der Waals surface area contributed by atoms with Crippen LogP contribution in [-0.4, -0.2) is 60.1 Å². The number of sulfone groups is 1. The third-order valence-electron chi connectivity index (χ3n) is 3.00. The first-order valence-corrected chi connectivity index (χ1v) is 7.22. The van der Waals surface area contributed by atoms with Crippen molar-refractivity contribution in [3.05, 3.63) is 0 Å². The molecule has 1 aliphatic heterocycles. The maximum Gasteiger partial charge on any atom is 0.343 e. The summed E-state index contributed by atoms with van der Waals surface area (Å²) in [7, 11) is -3.55. The first-order valence-electron chi connectivity index (χ1n) is 5.50. The zero-order valence-corrected chi connectivity index (χ0v) is 11.0. The summed E-state index contributed by atoms with van der Waals surface area (Å²) >= 11 is 0. The van der Waals surface area contributed by atoms with Crippen LogP contribution in [-0.2, 0) is 19.4 Å². The van der Waals surface area contributed by atoms with Crippen molar-refractivity contribution >= 4 is 21.7 Å². The van der Waals surface area contributed by atoms with Gasteiger partial charge >= 0.3 is 5.97 Å². The molecule has 6 nitrogen and oxygen atoms in total. The van der Waals surface area contributed by atoms with Gasteiger partial charge in [0.2, 0.25) is 11.6 Å². The molecule has 0 radical (unpaired) electrons.